The number of rotatable bonds is 5. The summed E-state index contributed by atoms with van der Waals surface area (Å²) in [6, 6.07) is 9.15. The molecule has 7 heteroatoms. The normalized spacial score (nSPS) is 11.8. The van der Waals surface area contributed by atoms with Gasteiger partial charge in [0.2, 0.25) is 10.0 Å². The van der Waals surface area contributed by atoms with Crippen LogP contribution in [0, 0.1) is 5.82 Å². The van der Waals surface area contributed by atoms with E-state index in [4.69, 9.17) is 5.73 Å². The number of halogens is 1. The Kier molecular flexibility index (Phi) is 4.66. The Hall–Kier alpha value is -1.83. The molecule has 1 aromatic carbocycles. The van der Waals surface area contributed by atoms with E-state index in [0.29, 0.717) is 5.69 Å². The summed E-state index contributed by atoms with van der Waals surface area (Å²) < 4.78 is 39.9. The summed E-state index contributed by atoms with van der Waals surface area (Å²) in [6.07, 6.45) is 1.59. The topological polar surface area (TPSA) is 76.3 Å². The van der Waals surface area contributed by atoms with E-state index in [9.17, 15) is 12.8 Å². The number of nitrogens with two attached hydrogens (primary N) is 1. The first-order valence-electron chi connectivity index (χ1n) is 6.30. The van der Waals surface area contributed by atoms with Crippen molar-refractivity contribution in [2.24, 2.45) is 5.73 Å². The Morgan fingerprint density at radius 3 is 2.62 bits per heavy atom. The minimum absolute atomic E-state index is 0.00892. The van der Waals surface area contributed by atoms with Crippen LogP contribution in [0.1, 0.15) is 11.3 Å². The minimum Gasteiger partial charge on any atom is -0.326 e. The fourth-order valence-corrected chi connectivity index (χ4v) is 3.33. The van der Waals surface area contributed by atoms with Crippen LogP contribution in [-0.4, -0.2) is 24.8 Å². The molecule has 1 aromatic heterocycles. The molecule has 0 amide bonds. The molecule has 21 heavy (non-hydrogen) atoms. The SMILES string of the molecule is CN(Cc1ccccn1)S(=O)(=O)c1cccc(F)c1CN. The van der Waals surface area contributed by atoms with E-state index in [0.717, 1.165) is 4.31 Å². The van der Waals surface area contributed by atoms with Gasteiger partial charge in [0.1, 0.15) is 5.82 Å². The number of benzene rings is 1. The van der Waals surface area contributed by atoms with Gasteiger partial charge in [0.25, 0.3) is 0 Å². The monoisotopic (exact) mass is 309 g/mol. The van der Waals surface area contributed by atoms with E-state index in [2.05, 4.69) is 4.98 Å². The second kappa shape index (κ2) is 6.30. The zero-order valence-electron chi connectivity index (χ0n) is 11.5. The summed E-state index contributed by atoms with van der Waals surface area (Å²) >= 11 is 0. The largest absolute Gasteiger partial charge is 0.326 e. The number of sulfonamides is 1. The van der Waals surface area contributed by atoms with Gasteiger partial charge < -0.3 is 5.73 Å². The van der Waals surface area contributed by atoms with Gasteiger partial charge in [-0.25, -0.2) is 12.8 Å². The van der Waals surface area contributed by atoms with Crippen LogP contribution in [0.4, 0.5) is 4.39 Å². The smallest absolute Gasteiger partial charge is 0.243 e. The fraction of sp³-hybridized carbons (Fsp3) is 0.214. The van der Waals surface area contributed by atoms with Gasteiger partial charge >= 0.3 is 0 Å². The number of aromatic nitrogens is 1. The Balaban J connectivity index is 2.36. The molecule has 2 aromatic rings. The lowest BCUT2D eigenvalue weighted by molar-refractivity contribution is 0.460. The Bertz CT molecular complexity index is 720. The van der Waals surface area contributed by atoms with Crippen LogP contribution in [-0.2, 0) is 23.1 Å². The molecule has 0 bridgehead atoms. The fourth-order valence-electron chi connectivity index (χ4n) is 1.95. The average molecular weight is 309 g/mol. The maximum absolute atomic E-state index is 13.7. The van der Waals surface area contributed by atoms with Crippen molar-refractivity contribution in [1.82, 2.24) is 9.29 Å². The third kappa shape index (κ3) is 3.26. The highest BCUT2D eigenvalue weighted by molar-refractivity contribution is 7.89. The Labute approximate surface area is 123 Å². The quantitative estimate of drug-likeness (QED) is 0.908. The molecule has 1 heterocycles. The molecular weight excluding hydrogens is 293 g/mol. The van der Waals surface area contributed by atoms with Crippen molar-refractivity contribution in [2.45, 2.75) is 18.0 Å². The lowest BCUT2D eigenvalue weighted by atomic mass is 10.2. The highest BCUT2D eigenvalue weighted by Gasteiger charge is 2.25. The zero-order valence-corrected chi connectivity index (χ0v) is 12.3. The lowest BCUT2D eigenvalue weighted by Gasteiger charge is -2.19. The second-order valence-electron chi connectivity index (χ2n) is 4.50. The molecule has 0 aliphatic heterocycles. The summed E-state index contributed by atoms with van der Waals surface area (Å²) in [6.45, 7) is -0.0810. The van der Waals surface area contributed by atoms with Crippen molar-refractivity contribution in [3.05, 3.63) is 59.7 Å². The first-order chi connectivity index (χ1) is 9.96. The maximum atomic E-state index is 13.7. The summed E-state index contributed by atoms with van der Waals surface area (Å²) in [4.78, 5) is 3.97. The van der Waals surface area contributed by atoms with Gasteiger partial charge in [-0.2, -0.15) is 4.31 Å². The Morgan fingerprint density at radius 2 is 2.00 bits per heavy atom. The van der Waals surface area contributed by atoms with Crippen molar-refractivity contribution in [3.8, 4) is 0 Å². The number of hydrogen-bond donors (Lipinski definition) is 1. The van der Waals surface area contributed by atoms with Crippen molar-refractivity contribution < 1.29 is 12.8 Å². The molecule has 5 nitrogen and oxygen atoms in total. The van der Waals surface area contributed by atoms with Gasteiger partial charge in [0.05, 0.1) is 17.1 Å². The van der Waals surface area contributed by atoms with Crippen LogP contribution in [0.15, 0.2) is 47.5 Å². The number of pyridine rings is 1. The standard InChI is InChI=1S/C14H16FN3O2S/c1-18(10-11-5-2-3-8-17-11)21(19,20)14-7-4-6-13(15)12(14)9-16/h2-8H,9-10,16H2,1H3. The molecule has 0 atom stereocenters. The van der Waals surface area contributed by atoms with Crippen LogP contribution in [0.5, 0.6) is 0 Å². The average Bonchev–Trinajstić information content (AvgIpc) is 2.48. The molecule has 0 saturated carbocycles. The molecule has 0 fully saturated rings. The molecular formula is C14H16FN3O2S. The van der Waals surface area contributed by atoms with Crippen molar-refractivity contribution in [2.75, 3.05) is 7.05 Å². The molecule has 2 N–H and O–H groups in total. The van der Waals surface area contributed by atoms with Gasteiger partial charge in [-0.3, -0.25) is 4.98 Å². The first kappa shape index (κ1) is 15.6. The van der Waals surface area contributed by atoms with E-state index in [-0.39, 0.29) is 23.5 Å². The van der Waals surface area contributed by atoms with Crippen LogP contribution in [0.2, 0.25) is 0 Å². The molecule has 112 valence electrons. The highest BCUT2D eigenvalue weighted by Crippen LogP contribution is 2.22. The molecule has 0 radical (unpaired) electrons. The van der Waals surface area contributed by atoms with E-state index >= 15 is 0 Å². The minimum atomic E-state index is -3.83. The van der Waals surface area contributed by atoms with E-state index in [1.54, 1.807) is 24.4 Å². The molecule has 2 rings (SSSR count). The summed E-state index contributed by atoms with van der Waals surface area (Å²) in [5.41, 5.74) is 6.06. The van der Waals surface area contributed by atoms with Gasteiger partial charge in [0, 0.05) is 25.4 Å². The van der Waals surface area contributed by atoms with Gasteiger partial charge in [-0.15, -0.1) is 0 Å². The molecule has 0 aliphatic rings. The van der Waals surface area contributed by atoms with E-state index in [1.807, 2.05) is 0 Å². The third-order valence-corrected chi connectivity index (χ3v) is 4.97. The predicted molar refractivity (Wildman–Crippen MR) is 77.2 cm³/mol. The summed E-state index contributed by atoms with van der Waals surface area (Å²) in [5.74, 6) is -0.621. The number of nitrogens with zero attached hydrogens (tertiary/aromatic N) is 2. The van der Waals surface area contributed by atoms with Gasteiger partial charge in [0.15, 0.2) is 0 Å². The van der Waals surface area contributed by atoms with E-state index in [1.165, 1.54) is 25.2 Å². The van der Waals surface area contributed by atoms with Crippen molar-refractivity contribution >= 4 is 10.0 Å². The molecule has 0 unspecified atom stereocenters. The Morgan fingerprint density at radius 1 is 1.24 bits per heavy atom. The summed E-state index contributed by atoms with van der Waals surface area (Å²) in [7, 11) is -2.40. The van der Waals surface area contributed by atoms with Crippen LogP contribution in [0.3, 0.4) is 0 Å². The molecule has 0 saturated heterocycles. The van der Waals surface area contributed by atoms with Crippen molar-refractivity contribution in [3.63, 3.8) is 0 Å². The zero-order chi connectivity index (χ0) is 15.5. The first-order valence-corrected chi connectivity index (χ1v) is 7.74. The molecule has 0 aliphatic carbocycles. The van der Waals surface area contributed by atoms with Gasteiger partial charge in [-0.1, -0.05) is 12.1 Å². The lowest BCUT2D eigenvalue weighted by Crippen LogP contribution is -2.28. The number of hydrogen-bond acceptors (Lipinski definition) is 4. The highest BCUT2D eigenvalue weighted by atomic mass is 32.2. The van der Waals surface area contributed by atoms with E-state index < -0.39 is 15.8 Å². The summed E-state index contributed by atoms with van der Waals surface area (Å²) in [5, 5.41) is 0. The second-order valence-corrected chi connectivity index (χ2v) is 6.52. The maximum Gasteiger partial charge on any atom is 0.243 e. The predicted octanol–water partition coefficient (Wildman–Crippen LogP) is 1.50. The third-order valence-electron chi connectivity index (χ3n) is 3.08. The van der Waals surface area contributed by atoms with Crippen LogP contribution < -0.4 is 5.73 Å². The van der Waals surface area contributed by atoms with Crippen LogP contribution >= 0.6 is 0 Å². The van der Waals surface area contributed by atoms with Crippen molar-refractivity contribution in [1.29, 1.82) is 0 Å². The molecule has 0 spiro atoms. The van der Waals surface area contributed by atoms with Gasteiger partial charge in [-0.05, 0) is 24.3 Å². The van der Waals surface area contributed by atoms with Crippen LogP contribution in [0.25, 0.3) is 0 Å².